The number of hydrogen-bond acceptors (Lipinski definition) is 6. The first-order valence-electron chi connectivity index (χ1n) is 12.2. The molecule has 0 radical (unpaired) electrons. The SMILES string of the molecule is COC(=O)c1ccc(-c2ccc([C@@H]3[C@H](c4ccccn4)NC(=S)N3CCCNc3ccccc3)o2)cc1. The van der Waals surface area contributed by atoms with Crippen molar-refractivity contribution < 1.29 is 13.9 Å². The van der Waals surface area contributed by atoms with E-state index < -0.39 is 0 Å². The molecule has 0 saturated carbocycles. The minimum absolute atomic E-state index is 0.142. The van der Waals surface area contributed by atoms with Gasteiger partial charge in [0.05, 0.1) is 24.4 Å². The van der Waals surface area contributed by atoms with Gasteiger partial charge in [-0.15, -0.1) is 0 Å². The van der Waals surface area contributed by atoms with Crippen LogP contribution < -0.4 is 10.6 Å². The van der Waals surface area contributed by atoms with E-state index in [0.717, 1.165) is 48.0 Å². The minimum atomic E-state index is -0.368. The smallest absolute Gasteiger partial charge is 0.337 e. The zero-order valence-electron chi connectivity index (χ0n) is 20.5. The van der Waals surface area contributed by atoms with Gasteiger partial charge in [-0.3, -0.25) is 4.98 Å². The first-order chi connectivity index (χ1) is 18.1. The van der Waals surface area contributed by atoms with E-state index in [1.165, 1.54) is 7.11 Å². The zero-order valence-corrected chi connectivity index (χ0v) is 21.3. The molecule has 2 atom stereocenters. The molecule has 1 fully saturated rings. The van der Waals surface area contributed by atoms with Gasteiger partial charge in [0, 0.05) is 30.5 Å². The summed E-state index contributed by atoms with van der Waals surface area (Å²) in [5.41, 5.74) is 3.37. The Kier molecular flexibility index (Phi) is 7.46. The fraction of sp³-hybridized carbons (Fsp3) is 0.207. The quantitative estimate of drug-likeness (QED) is 0.170. The molecule has 5 rings (SSSR count). The van der Waals surface area contributed by atoms with Crippen molar-refractivity contribution in [3.05, 3.63) is 108 Å². The van der Waals surface area contributed by atoms with E-state index >= 15 is 0 Å². The minimum Gasteiger partial charge on any atom is -0.465 e. The van der Waals surface area contributed by atoms with Crippen molar-refractivity contribution in [2.75, 3.05) is 25.5 Å². The van der Waals surface area contributed by atoms with Gasteiger partial charge in [0.25, 0.3) is 0 Å². The fourth-order valence-electron chi connectivity index (χ4n) is 4.55. The normalized spacial score (nSPS) is 16.9. The Bertz CT molecular complexity index is 1340. The van der Waals surface area contributed by atoms with Crippen LogP contribution in [-0.2, 0) is 4.74 Å². The van der Waals surface area contributed by atoms with Gasteiger partial charge >= 0.3 is 5.97 Å². The summed E-state index contributed by atoms with van der Waals surface area (Å²) in [7, 11) is 1.37. The predicted octanol–water partition coefficient (Wildman–Crippen LogP) is 5.60. The lowest BCUT2D eigenvalue weighted by Gasteiger charge is -2.26. The lowest BCUT2D eigenvalue weighted by molar-refractivity contribution is 0.0600. The first-order valence-corrected chi connectivity index (χ1v) is 12.6. The highest BCUT2D eigenvalue weighted by atomic mass is 32.1. The molecule has 8 heteroatoms. The van der Waals surface area contributed by atoms with Crippen LogP contribution in [0.25, 0.3) is 11.3 Å². The standard InChI is InChI=1S/C29H28N4O3S/c1-35-28(34)21-13-11-20(12-14-21)24-15-16-25(36-24)27-26(23-10-5-6-17-31-23)32-29(37)33(27)19-7-18-30-22-8-3-2-4-9-22/h2-6,8-17,26-27,30H,7,18-19H2,1H3,(H,32,37)/t26-,27+/m0/s1. The largest absolute Gasteiger partial charge is 0.465 e. The first kappa shape index (κ1) is 24.5. The summed E-state index contributed by atoms with van der Waals surface area (Å²) in [6.45, 7) is 1.57. The van der Waals surface area contributed by atoms with Gasteiger partial charge in [-0.05, 0) is 67.2 Å². The number of pyridine rings is 1. The van der Waals surface area contributed by atoms with Crippen LogP contribution in [0.1, 0.15) is 40.3 Å². The zero-order chi connectivity index (χ0) is 25.6. The van der Waals surface area contributed by atoms with Gasteiger partial charge < -0.3 is 24.7 Å². The molecule has 0 aliphatic carbocycles. The summed E-state index contributed by atoms with van der Waals surface area (Å²) in [6, 6.07) is 26.9. The third-order valence-corrected chi connectivity index (χ3v) is 6.74. The van der Waals surface area contributed by atoms with Crippen LogP contribution in [0.3, 0.4) is 0 Å². The highest BCUT2D eigenvalue weighted by Crippen LogP contribution is 2.40. The number of carbonyl (C=O) groups is 1. The second-order valence-corrected chi connectivity index (χ2v) is 9.12. The number of hydrogen-bond donors (Lipinski definition) is 2. The molecule has 0 bridgehead atoms. The van der Waals surface area contributed by atoms with Gasteiger partial charge in [0.2, 0.25) is 0 Å². The molecule has 7 nitrogen and oxygen atoms in total. The summed E-state index contributed by atoms with van der Waals surface area (Å²) < 4.78 is 11.2. The van der Waals surface area contributed by atoms with Crippen LogP contribution in [0.15, 0.2) is 95.5 Å². The highest BCUT2D eigenvalue weighted by molar-refractivity contribution is 7.80. The van der Waals surface area contributed by atoms with E-state index in [4.69, 9.17) is 21.4 Å². The summed E-state index contributed by atoms with van der Waals surface area (Å²) in [5, 5.41) is 7.61. The van der Waals surface area contributed by atoms with Crippen LogP contribution >= 0.6 is 12.2 Å². The molecule has 2 N–H and O–H groups in total. The van der Waals surface area contributed by atoms with Crippen LogP contribution in [0, 0.1) is 0 Å². The van der Waals surface area contributed by atoms with Crippen molar-refractivity contribution in [1.82, 2.24) is 15.2 Å². The maximum absolute atomic E-state index is 11.8. The third kappa shape index (κ3) is 5.49. The second-order valence-electron chi connectivity index (χ2n) is 8.74. The molecule has 1 aliphatic rings. The number of ether oxygens (including phenoxy) is 1. The number of esters is 1. The summed E-state index contributed by atoms with van der Waals surface area (Å²) in [5.74, 6) is 1.15. The molecular formula is C29H28N4O3S. The molecule has 188 valence electrons. The molecule has 4 aromatic rings. The maximum atomic E-state index is 11.8. The number of para-hydroxylation sites is 1. The van der Waals surface area contributed by atoms with Crippen molar-refractivity contribution >= 4 is 29.0 Å². The van der Waals surface area contributed by atoms with Crippen LogP contribution in [0.4, 0.5) is 5.69 Å². The molecule has 1 aliphatic heterocycles. The monoisotopic (exact) mass is 512 g/mol. The maximum Gasteiger partial charge on any atom is 0.337 e. The number of nitrogens with zero attached hydrogens (tertiary/aromatic N) is 2. The average molecular weight is 513 g/mol. The van der Waals surface area contributed by atoms with E-state index in [2.05, 4.69) is 32.7 Å². The predicted molar refractivity (Wildman–Crippen MR) is 147 cm³/mol. The van der Waals surface area contributed by atoms with E-state index in [9.17, 15) is 4.79 Å². The van der Waals surface area contributed by atoms with E-state index in [1.54, 1.807) is 18.3 Å². The summed E-state index contributed by atoms with van der Waals surface area (Å²) in [6.07, 6.45) is 2.69. The lowest BCUT2D eigenvalue weighted by atomic mass is 10.0. The number of aromatic nitrogens is 1. The Morgan fingerprint density at radius 1 is 1.05 bits per heavy atom. The van der Waals surface area contributed by atoms with E-state index in [1.807, 2.05) is 60.7 Å². The number of anilines is 1. The summed E-state index contributed by atoms with van der Waals surface area (Å²) in [4.78, 5) is 18.6. The number of rotatable bonds is 9. The van der Waals surface area contributed by atoms with Gasteiger partial charge in [0.15, 0.2) is 5.11 Å². The van der Waals surface area contributed by atoms with Gasteiger partial charge in [-0.1, -0.05) is 36.4 Å². The molecule has 0 spiro atoms. The lowest BCUT2D eigenvalue weighted by Crippen LogP contribution is -2.31. The van der Waals surface area contributed by atoms with Crippen molar-refractivity contribution in [2.45, 2.75) is 18.5 Å². The molecule has 3 heterocycles. The number of carbonyl (C=O) groups excluding carboxylic acids is 1. The number of nitrogens with one attached hydrogen (secondary N) is 2. The molecule has 37 heavy (non-hydrogen) atoms. The van der Waals surface area contributed by atoms with Crippen molar-refractivity contribution in [3.8, 4) is 11.3 Å². The summed E-state index contributed by atoms with van der Waals surface area (Å²) >= 11 is 5.77. The van der Waals surface area contributed by atoms with Gasteiger partial charge in [-0.2, -0.15) is 0 Å². The molecule has 2 aromatic heterocycles. The van der Waals surface area contributed by atoms with Crippen molar-refractivity contribution in [1.29, 1.82) is 0 Å². The van der Waals surface area contributed by atoms with Gasteiger partial charge in [0.1, 0.15) is 17.6 Å². The molecule has 0 amide bonds. The van der Waals surface area contributed by atoms with Crippen LogP contribution in [-0.4, -0.2) is 41.2 Å². The van der Waals surface area contributed by atoms with Crippen molar-refractivity contribution in [2.24, 2.45) is 0 Å². The molecular weight excluding hydrogens is 484 g/mol. The highest BCUT2D eigenvalue weighted by Gasteiger charge is 2.41. The number of thiocarbonyl (C=S) groups is 1. The fourth-order valence-corrected chi connectivity index (χ4v) is 4.88. The Balaban J connectivity index is 1.37. The van der Waals surface area contributed by atoms with E-state index in [-0.39, 0.29) is 18.1 Å². The molecule has 2 aromatic carbocycles. The van der Waals surface area contributed by atoms with Crippen LogP contribution in [0.5, 0.6) is 0 Å². The Morgan fingerprint density at radius 3 is 2.57 bits per heavy atom. The molecule has 1 saturated heterocycles. The molecule has 0 unspecified atom stereocenters. The Morgan fingerprint density at radius 2 is 1.84 bits per heavy atom. The Labute approximate surface area is 221 Å². The number of methoxy groups -OCH3 is 1. The topological polar surface area (TPSA) is 79.6 Å². The second kappa shape index (κ2) is 11.3. The van der Waals surface area contributed by atoms with Crippen molar-refractivity contribution in [3.63, 3.8) is 0 Å². The number of furan rings is 1. The van der Waals surface area contributed by atoms with Gasteiger partial charge in [-0.25, -0.2) is 4.79 Å². The third-order valence-electron chi connectivity index (χ3n) is 6.39. The van der Waals surface area contributed by atoms with E-state index in [0.29, 0.717) is 10.7 Å². The van der Waals surface area contributed by atoms with Crippen LogP contribution in [0.2, 0.25) is 0 Å². The average Bonchev–Trinajstić information content (AvgIpc) is 3.56. The Hall–Kier alpha value is -4.17. The number of benzene rings is 2.